The summed E-state index contributed by atoms with van der Waals surface area (Å²) < 4.78 is 0. The van der Waals surface area contributed by atoms with Crippen LogP contribution < -0.4 is 10.6 Å². The van der Waals surface area contributed by atoms with Crippen LogP contribution in [0.5, 0.6) is 0 Å². The summed E-state index contributed by atoms with van der Waals surface area (Å²) in [7, 11) is 0. The molecule has 2 aromatic rings. The van der Waals surface area contributed by atoms with Gasteiger partial charge in [0.05, 0.1) is 0 Å². The van der Waals surface area contributed by atoms with E-state index >= 15 is 0 Å². The number of unbranched alkanes of at least 4 members (excludes halogenated alkanes) is 1. The van der Waals surface area contributed by atoms with Crippen LogP contribution in [0, 0.1) is 0 Å². The number of imide groups is 1. The first kappa shape index (κ1) is 24.0. The number of nitrogens with one attached hydrogen (secondary N) is 2. The first-order chi connectivity index (χ1) is 16.5. The molecule has 0 saturated heterocycles. The largest absolute Gasteiger partial charge is 0.350 e. The monoisotopic (exact) mass is 479 g/mol. The molecule has 1 aliphatic carbocycles. The van der Waals surface area contributed by atoms with Crippen molar-refractivity contribution >= 4 is 40.7 Å². The maximum absolute atomic E-state index is 12.9. The Bertz CT molecular complexity index is 1090. The Labute approximate surface area is 205 Å². The van der Waals surface area contributed by atoms with E-state index in [-0.39, 0.29) is 28.6 Å². The second kappa shape index (κ2) is 10.9. The third kappa shape index (κ3) is 5.33. The standard InChI is InChI=1S/C27H30ClN3O3/c1-2-3-7-18-10-14-21(15-11-18)30-25(32)19-12-16-20(17-13-19)29-24-23(28)26(33)31(27(24)34)22-8-5-4-6-9-22/h10-17,22,29H,2-9H2,1H3,(H,30,32). The second-order valence-electron chi connectivity index (χ2n) is 8.92. The van der Waals surface area contributed by atoms with Crippen molar-refractivity contribution in [2.45, 2.75) is 64.3 Å². The number of anilines is 2. The van der Waals surface area contributed by atoms with Crippen LogP contribution in [0.2, 0.25) is 0 Å². The van der Waals surface area contributed by atoms with Gasteiger partial charge in [0.25, 0.3) is 17.7 Å². The van der Waals surface area contributed by atoms with Gasteiger partial charge in [0.15, 0.2) is 0 Å². The summed E-state index contributed by atoms with van der Waals surface area (Å²) in [5.74, 6) is -1.04. The van der Waals surface area contributed by atoms with Crippen LogP contribution in [-0.4, -0.2) is 28.7 Å². The zero-order chi connectivity index (χ0) is 24.1. The predicted molar refractivity (Wildman–Crippen MR) is 135 cm³/mol. The average molecular weight is 480 g/mol. The summed E-state index contributed by atoms with van der Waals surface area (Å²) >= 11 is 6.24. The molecule has 1 aliphatic heterocycles. The van der Waals surface area contributed by atoms with Crippen LogP contribution >= 0.6 is 11.6 Å². The maximum atomic E-state index is 12.9. The summed E-state index contributed by atoms with van der Waals surface area (Å²) in [4.78, 5) is 39.5. The van der Waals surface area contributed by atoms with Crippen molar-refractivity contribution in [3.63, 3.8) is 0 Å². The van der Waals surface area contributed by atoms with E-state index in [1.807, 2.05) is 24.3 Å². The molecule has 7 heteroatoms. The van der Waals surface area contributed by atoms with Crippen LogP contribution in [0.15, 0.2) is 59.3 Å². The summed E-state index contributed by atoms with van der Waals surface area (Å²) in [6, 6.07) is 14.5. The van der Waals surface area contributed by atoms with Crippen LogP contribution in [0.25, 0.3) is 0 Å². The molecule has 3 amide bonds. The number of aryl methyl sites for hydroxylation is 1. The molecule has 0 unspecified atom stereocenters. The van der Waals surface area contributed by atoms with E-state index in [0.717, 1.165) is 57.1 Å². The summed E-state index contributed by atoms with van der Waals surface area (Å²) in [6.07, 6.45) is 8.11. The molecule has 2 N–H and O–H groups in total. The van der Waals surface area contributed by atoms with Gasteiger partial charge in [0.1, 0.15) is 10.7 Å². The summed E-state index contributed by atoms with van der Waals surface area (Å²) in [5.41, 5.74) is 3.15. The Morgan fingerprint density at radius 1 is 0.941 bits per heavy atom. The van der Waals surface area contributed by atoms with E-state index in [1.165, 1.54) is 10.5 Å². The Balaban J connectivity index is 1.38. The molecule has 0 aromatic heterocycles. The van der Waals surface area contributed by atoms with E-state index in [2.05, 4.69) is 17.6 Å². The molecule has 1 saturated carbocycles. The molecular weight excluding hydrogens is 450 g/mol. The van der Waals surface area contributed by atoms with Gasteiger partial charge in [-0.05, 0) is 67.6 Å². The average Bonchev–Trinajstić information content (AvgIpc) is 3.07. The van der Waals surface area contributed by atoms with Gasteiger partial charge in [-0.2, -0.15) is 0 Å². The molecule has 4 rings (SSSR count). The zero-order valence-electron chi connectivity index (χ0n) is 19.4. The van der Waals surface area contributed by atoms with Crippen molar-refractivity contribution in [3.8, 4) is 0 Å². The fourth-order valence-corrected chi connectivity index (χ4v) is 4.71. The lowest BCUT2D eigenvalue weighted by Crippen LogP contribution is -2.42. The van der Waals surface area contributed by atoms with Crippen molar-refractivity contribution in [3.05, 3.63) is 70.4 Å². The molecule has 0 radical (unpaired) electrons. The number of carbonyl (C=O) groups is 3. The predicted octanol–water partition coefficient (Wildman–Crippen LogP) is 5.85. The van der Waals surface area contributed by atoms with Gasteiger partial charge in [-0.25, -0.2) is 0 Å². The van der Waals surface area contributed by atoms with E-state index in [9.17, 15) is 14.4 Å². The molecule has 0 spiro atoms. The Morgan fingerprint density at radius 3 is 2.24 bits per heavy atom. The van der Waals surface area contributed by atoms with E-state index < -0.39 is 5.91 Å². The van der Waals surface area contributed by atoms with Gasteiger partial charge in [0, 0.05) is 23.0 Å². The van der Waals surface area contributed by atoms with E-state index in [4.69, 9.17) is 11.6 Å². The van der Waals surface area contributed by atoms with Crippen LogP contribution in [0.4, 0.5) is 11.4 Å². The molecule has 0 bridgehead atoms. The molecule has 0 atom stereocenters. The van der Waals surface area contributed by atoms with Crippen molar-refractivity contribution < 1.29 is 14.4 Å². The molecule has 34 heavy (non-hydrogen) atoms. The summed E-state index contributed by atoms with van der Waals surface area (Å²) in [6.45, 7) is 2.16. The number of nitrogens with zero attached hydrogens (tertiary/aromatic N) is 1. The molecule has 1 heterocycles. The fourth-order valence-electron chi connectivity index (χ4n) is 4.49. The molecule has 1 fully saturated rings. The quantitative estimate of drug-likeness (QED) is 0.466. The van der Waals surface area contributed by atoms with E-state index in [1.54, 1.807) is 24.3 Å². The Kier molecular flexibility index (Phi) is 7.68. The van der Waals surface area contributed by atoms with Crippen LogP contribution in [-0.2, 0) is 16.0 Å². The van der Waals surface area contributed by atoms with Crippen molar-refractivity contribution in [2.24, 2.45) is 0 Å². The van der Waals surface area contributed by atoms with Gasteiger partial charge < -0.3 is 10.6 Å². The number of amides is 3. The SMILES string of the molecule is CCCCc1ccc(NC(=O)c2ccc(NC3=C(Cl)C(=O)N(C4CCCCC4)C3=O)cc2)cc1. The van der Waals surface area contributed by atoms with Gasteiger partial charge in [-0.3, -0.25) is 19.3 Å². The van der Waals surface area contributed by atoms with Gasteiger partial charge >= 0.3 is 0 Å². The maximum Gasteiger partial charge on any atom is 0.279 e. The minimum Gasteiger partial charge on any atom is -0.350 e. The minimum absolute atomic E-state index is 0.0835. The van der Waals surface area contributed by atoms with Crippen LogP contribution in [0.3, 0.4) is 0 Å². The Hall–Kier alpha value is -3.12. The Morgan fingerprint density at radius 2 is 1.59 bits per heavy atom. The highest BCUT2D eigenvalue weighted by atomic mass is 35.5. The minimum atomic E-state index is -0.433. The first-order valence-corrected chi connectivity index (χ1v) is 12.4. The molecule has 6 nitrogen and oxygen atoms in total. The number of benzene rings is 2. The topological polar surface area (TPSA) is 78.5 Å². The lowest BCUT2D eigenvalue weighted by molar-refractivity contribution is -0.140. The van der Waals surface area contributed by atoms with Crippen molar-refractivity contribution in [1.29, 1.82) is 0 Å². The van der Waals surface area contributed by atoms with Gasteiger partial charge in [-0.15, -0.1) is 0 Å². The highest BCUT2D eigenvalue weighted by Gasteiger charge is 2.42. The normalized spacial score (nSPS) is 16.8. The van der Waals surface area contributed by atoms with Crippen molar-refractivity contribution in [2.75, 3.05) is 10.6 Å². The lowest BCUT2D eigenvalue weighted by atomic mass is 9.94. The number of halogens is 1. The van der Waals surface area contributed by atoms with Crippen LogP contribution in [0.1, 0.15) is 67.8 Å². The molecular formula is C27H30ClN3O3. The zero-order valence-corrected chi connectivity index (χ0v) is 20.2. The fraction of sp³-hybridized carbons (Fsp3) is 0.370. The molecule has 178 valence electrons. The first-order valence-electron chi connectivity index (χ1n) is 12.0. The van der Waals surface area contributed by atoms with E-state index in [0.29, 0.717) is 11.3 Å². The highest BCUT2D eigenvalue weighted by molar-refractivity contribution is 6.48. The van der Waals surface area contributed by atoms with Crippen molar-refractivity contribution in [1.82, 2.24) is 4.90 Å². The smallest absolute Gasteiger partial charge is 0.279 e. The third-order valence-electron chi connectivity index (χ3n) is 6.45. The van der Waals surface area contributed by atoms with Gasteiger partial charge in [0.2, 0.25) is 0 Å². The number of carbonyl (C=O) groups excluding carboxylic acids is 3. The second-order valence-corrected chi connectivity index (χ2v) is 9.30. The third-order valence-corrected chi connectivity index (χ3v) is 6.80. The lowest BCUT2D eigenvalue weighted by Gasteiger charge is -2.29. The number of rotatable bonds is 8. The highest BCUT2D eigenvalue weighted by Crippen LogP contribution is 2.32. The molecule has 2 aliphatic rings. The summed E-state index contributed by atoms with van der Waals surface area (Å²) in [5, 5.41) is 5.80. The molecule has 2 aromatic carbocycles. The van der Waals surface area contributed by atoms with Gasteiger partial charge in [-0.1, -0.05) is 56.3 Å². The number of hydrogen-bond donors (Lipinski definition) is 2. The number of hydrogen-bond acceptors (Lipinski definition) is 4.